The van der Waals surface area contributed by atoms with Crippen LogP contribution in [0.1, 0.15) is 5.82 Å². The molecule has 1 rings (SSSR count). The number of aryl methyl sites for hydroxylation is 1. The largest absolute Gasteiger partial charge is 0.394 e. The van der Waals surface area contributed by atoms with Crippen molar-refractivity contribution >= 4 is 11.6 Å². The lowest BCUT2D eigenvalue weighted by Gasteiger charge is -2.10. The van der Waals surface area contributed by atoms with Crippen LogP contribution in [0.15, 0.2) is 6.07 Å². The summed E-state index contributed by atoms with van der Waals surface area (Å²) in [7, 11) is 1.77. The molecule has 0 saturated heterocycles. The van der Waals surface area contributed by atoms with Gasteiger partial charge >= 0.3 is 0 Å². The van der Waals surface area contributed by atoms with Crippen molar-refractivity contribution in [3.8, 4) is 0 Å². The Balaban J connectivity index is 2.64. The molecule has 1 aromatic heterocycles. The zero-order valence-electron chi connectivity index (χ0n) is 8.86. The number of nitrogens with one attached hydrogen (secondary N) is 2. The summed E-state index contributed by atoms with van der Waals surface area (Å²) in [5.74, 6) is 1.98. The first-order chi connectivity index (χ1) is 7.15. The molecule has 0 saturated carbocycles. The zero-order chi connectivity index (χ0) is 11.3. The average Bonchev–Trinajstić information content (AvgIpc) is 2.25. The molecule has 0 amide bonds. The average molecular weight is 212 g/mol. The Morgan fingerprint density at radius 1 is 1.40 bits per heavy atom. The molecule has 0 bridgehead atoms. The lowest BCUT2D eigenvalue weighted by atomic mass is 10.3. The monoisotopic (exact) mass is 212 g/mol. The first kappa shape index (κ1) is 11.7. The van der Waals surface area contributed by atoms with Gasteiger partial charge in [0.05, 0.1) is 12.7 Å². The van der Waals surface area contributed by atoms with Gasteiger partial charge in [-0.25, -0.2) is 9.97 Å². The van der Waals surface area contributed by atoms with Crippen LogP contribution < -0.4 is 10.6 Å². The van der Waals surface area contributed by atoms with E-state index in [1.165, 1.54) is 0 Å². The molecular formula is C9H16N4O2. The highest BCUT2D eigenvalue weighted by Crippen LogP contribution is 2.09. The standard InChI is InChI=1S/C9H16N4O2/c1-6-12-8(10-2)3-9(13-6)11-4-7(15)5-14/h3,7,14-15H,4-5H2,1-2H3,(H2,10,11,12,13). The summed E-state index contributed by atoms with van der Waals surface area (Å²) in [5.41, 5.74) is 0. The topological polar surface area (TPSA) is 90.3 Å². The minimum atomic E-state index is -0.779. The summed E-state index contributed by atoms with van der Waals surface area (Å²) in [5, 5.41) is 23.6. The van der Waals surface area contributed by atoms with Gasteiger partial charge in [-0.05, 0) is 6.92 Å². The molecule has 0 aliphatic heterocycles. The van der Waals surface area contributed by atoms with Gasteiger partial charge in [0.2, 0.25) is 0 Å². The Morgan fingerprint density at radius 2 is 2.07 bits per heavy atom. The third-order valence-electron chi connectivity index (χ3n) is 1.82. The van der Waals surface area contributed by atoms with Crippen LogP contribution in [0, 0.1) is 6.92 Å². The van der Waals surface area contributed by atoms with Gasteiger partial charge < -0.3 is 20.8 Å². The van der Waals surface area contributed by atoms with Crippen molar-refractivity contribution in [2.24, 2.45) is 0 Å². The first-order valence-electron chi connectivity index (χ1n) is 4.72. The zero-order valence-corrected chi connectivity index (χ0v) is 8.86. The van der Waals surface area contributed by atoms with Gasteiger partial charge in [0.1, 0.15) is 17.5 Å². The Kier molecular flexibility index (Phi) is 4.26. The van der Waals surface area contributed by atoms with Crippen molar-refractivity contribution < 1.29 is 10.2 Å². The Labute approximate surface area is 88.4 Å². The number of aliphatic hydroxyl groups excluding tert-OH is 2. The van der Waals surface area contributed by atoms with Crippen LogP contribution in [0.4, 0.5) is 11.6 Å². The summed E-state index contributed by atoms with van der Waals surface area (Å²) in [4.78, 5) is 8.26. The van der Waals surface area contributed by atoms with E-state index in [2.05, 4.69) is 20.6 Å². The predicted octanol–water partition coefficient (Wildman–Crippen LogP) is -0.408. The van der Waals surface area contributed by atoms with Crippen LogP contribution in [0.3, 0.4) is 0 Å². The summed E-state index contributed by atoms with van der Waals surface area (Å²) in [6, 6.07) is 1.73. The first-order valence-corrected chi connectivity index (χ1v) is 4.72. The van der Waals surface area contributed by atoms with E-state index < -0.39 is 6.10 Å². The Hall–Kier alpha value is -1.40. The maximum atomic E-state index is 9.14. The minimum Gasteiger partial charge on any atom is -0.394 e. The van der Waals surface area contributed by atoms with Crippen molar-refractivity contribution in [2.75, 3.05) is 30.8 Å². The third-order valence-corrected chi connectivity index (χ3v) is 1.82. The molecule has 0 spiro atoms. The number of nitrogens with zero attached hydrogens (tertiary/aromatic N) is 2. The minimum absolute atomic E-state index is 0.260. The molecule has 1 atom stereocenters. The third kappa shape index (κ3) is 3.69. The van der Waals surface area contributed by atoms with E-state index in [-0.39, 0.29) is 13.2 Å². The number of hydrogen-bond donors (Lipinski definition) is 4. The van der Waals surface area contributed by atoms with E-state index in [0.717, 1.165) is 0 Å². The number of rotatable bonds is 5. The second-order valence-electron chi connectivity index (χ2n) is 3.15. The van der Waals surface area contributed by atoms with Crippen molar-refractivity contribution in [3.63, 3.8) is 0 Å². The van der Waals surface area contributed by atoms with Crippen LogP contribution in [0.2, 0.25) is 0 Å². The normalized spacial score (nSPS) is 12.3. The van der Waals surface area contributed by atoms with Crippen LogP contribution in [0.25, 0.3) is 0 Å². The highest BCUT2D eigenvalue weighted by Gasteiger charge is 2.03. The van der Waals surface area contributed by atoms with Crippen molar-refractivity contribution in [1.82, 2.24) is 9.97 Å². The molecule has 0 radical (unpaired) electrons. The molecule has 15 heavy (non-hydrogen) atoms. The second-order valence-corrected chi connectivity index (χ2v) is 3.15. The fourth-order valence-electron chi connectivity index (χ4n) is 1.07. The van der Waals surface area contributed by atoms with Gasteiger partial charge in [-0.15, -0.1) is 0 Å². The fourth-order valence-corrected chi connectivity index (χ4v) is 1.07. The molecule has 0 fully saturated rings. The SMILES string of the molecule is CNc1cc(NCC(O)CO)nc(C)n1. The Morgan fingerprint density at radius 3 is 2.67 bits per heavy atom. The number of aliphatic hydroxyl groups is 2. The van der Waals surface area contributed by atoms with Gasteiger partial charge in [-0.1, -0.05) is 0 Å². The summed E-state index contributed by atoms with van der Waals surface area (Å²) >= 11 is 0. The molecule has 4 N–H and O–H groups in total. The van der Waals surface area contributed by atoms with Gasteiger partial charge in [0, 0.05) is 19.7 Å². The van der Waals surface area contributed by atoms with Crippen LogP contribution >= 0.6 is 0 Å². The lowest BCUT2D eigenvalue weighted by molar-refractivity contribution is 0.105. The van der Waals surface area contributed by atoms with Gasteiger partial charge in [-0.3, -0.25) is 0 Å². The maximum absolute atomic E-state index is 9.14. The molecule has 1 unspecified atom stereocenters. The molecular weight excluding hydrogens is 196 g/mol. The van der Waals surface area contributed by atoms with Gasteiger partial charge in [0.15, 0.2) is 0 Å². The molecule has 1 aromatic rings. The van der Waals surface area contributed by atoms with Crippen LogP contribution in [-0.4, -0.2) is 46.5 Å². The van der Waals surface area contributed by atoms with Crippen LogP contribution in [-0.2, 0) is 0 Å². The molecule has 0 aliphatic rings. The van der Waals surface area contributed by atoms with Crippen molar-refractivity contribution in [1.29, 1.82) is 0 Å². The molecule has 0 aliphatic carbocycles. The number of anilines is 2. The highest BCUT2D eigenvalue weighted by molar-refractivity contribution is 5.47. The smallest absolute Gasteiger partial charge is 0.131 e. The number of hydrogen-bond acceptors (Lipinski definition) is 6. The van der Waals surface area contributed by atoms with E-state index >= 15 is 0 Å². The molecule has 84 valence electrons. The molecule has 1 heterocycles. The molecule has 6 nitrogen and oxygen atoms in total. The number of aromatic nitrogens is 2. The van der Waals surface area contributed by atoms with E-state index in [0.29, 0.717) is 17.5 Å². The van der Waals surface area contributed by atoms with Gasteiger partial charge in [-0.2, -0.15) is 0 Å². The quantitative estimate of drug-likeness (QED) is 0.530. The molecule has 0 aromatic carbocycles. The highest BCUT2D eigenvalue weighted by atomic mass is 16.3. The van der Waals surface area contributed by atoms with E-state index in [1.54, 1.807) is 20.0 Å². The van der Waals surface area contributed by atoms with E-state index in [1.807, 2.05) is 0 Å². The fraction of sp³-hybridized carbons (Fsp3) is 0.556. The van der Waals surface area contributed by atoms with E-state index in [9.17, 15) is 0 Å². The maximum Gasteiger partial charge on any atom is 0.131 e. The Bertz CT molecular complexity index is 319. The summed E-state index contributed by atoms with van der Waals surface area (Å²) in [6.45, 7) is 1.78. The van der Waals surface area contributed by atoms with Crippen LogP contribution in [0.5, 0.6) is 0 Å². The predicted molar refractivity (Wildman–Crippen MR) is 57.9 cm³/mol. The van der Waals surface area contributed by atoms with E-state index in [4.69, 9.17) is 10.2 Å². The summed E-state index contributed by atoms with van der Waals surface area (Å²) < 4.78 is 0. The summed E-state index contributed by atoms with van der Waals surface area (Å²) in [6.07, 6.45) is -0.779. The second kappa shape index (κ2) is 5.47. The van der Waals surface area contributed by atoms with Crippen molar-refractivity contribution in [3.05, 3.63) is 11.9 Å². The van der Waals surface area contributed by atoms with Crippen molar-refractivity contribution in [2.45, 2.75) is 13.0 Å². The lowest BCUT2D eigenvalue weighted by Crippen LogP contribution is -2.23. The molecule has 6 heteroatoms. The van der Waals surface area contributed by atoms with Gasteiger partial charge in [0.25, 0.3) is 0 Å².